The van der Waals surface area contributed by atoms with Gasteiger partial charge in [-0.3, -0.25) is 4.79 Å². The number of piperidine rings is 1. The van der Waals surface area contributed by atoms with Crippen molar-refractivity contribution < 1.29 is 13.2 Å². The van der Waals surface area contributed by atoms with Crippen LogP contribution < -0.4 is 5.32 Å². The van der Waals surface area contributed by atoms with Gasteiger partial charge < -0.3 is 5.32 Å². The Morgan fingerprint density at radius 1 is 1.16 bits per heavy atom. The molecule has 0 radical (unpaired) electrons. The highest BCUT2D eigenvalue weighted by atomic mass is 35.5. The van der Waals surface area contributed by atoms with Gasteiger partial charge in [-0.25, -0.2) is 12.7 Å². The summed E-state index contributed by atoms with van der Waals surface area (Å²) in [7, 11) is -3.65. The number of carbonyl (C=O) groups is 1. The Bertz CT molecular complexity index is 1010. The van der Waals surface area contributed by atoms with Gasteiger partial charge in [-0.2, -0.15) is 0 Å². The average Bonchev–Trinajstić information content (AvgIpc) is 2.75. The second-order valence-corrected chi connectivity index (χ2v) is 10.8. The first kappa shape index (κ1) is 24.1. The molecule has 3 rings (SSSR count). The minimum absolute atomic E-state index is 0.0954. The van der Waals surface area contributed by atoms with Crippen LogP contribution in [0, 0.1) is 12.8 Å². The van der Waals surface area contributed by atoms with Crippen molar-refractivity contribution in [2.24, 2.45) is 5.92 Å². The number of halogens is 2. The van der Waals surface area contributed by atoms with Crippen molar-refractivity contribution in [2.45, 2.75) is 44.9 Å². The van der Waals surface area contributed by atoms with E-state index in [1.165, 1.54) is 4.31 Å². The maximum atomic E-state index is 13.0. The molecule has 1 aliphatic rings. The summed E-state index contributed by atoms with van der Waals surface area (Å²) >= 11 is 12.3. The van der Waals surface area contributed by atoms with Crippen LogP contribution in [0.15, 0.2) is 42.5 Å². The lowest BCUT2D eigenvalue weighted by Crippen LogP contribution is -2.46. The highest BCUT2D eigenvalue weighted by molar-refractivity contribution is 7.88. The molecular weight excluding hydrogens is 455 g/mol. The fraction of sp³-hybridized carbons (Fsp3) is 0.435. The fourth-order valence-electron chi connectivity index (χ4n) is 3.86. The molecule has 2 atom stereocenters. The molecule has 0 bridgehead atoms. The Hall–Kier alpha value is -1.60. The van der Waals surface area contributed by atoms with Crippen LogP contribution in [0.1, 0.15) is 48.9 Å². The van der Waals surface area contributed by atoms with Crippen LogP contribution in [0.5, 0.6) is 0 Å². The molecule has 168 valence electrons. The van der Waals surface area contributed by atoms with Gasteiger partial charge in [0.15, 0.2) is 0 Å². The van der Waals surface area contributed by atoms with Crippen LogP contribution in [0.25, 0.3) is 0 Å². The van der Waals surface area contributed by atoms with Crippen LogP contribution in [-0.2, 0) is 20.6 Å². The minimum Gasteiger partial charge on any atom is -0.349 e. The SMILES string of the molecule is CC[C@@H](NC(=O)[C@H]1CCCN(S(=O)(=O)Cc2c(Cl)cccc2Cl)C1)c1ccc(C)cc1. The van der Waals surface area contributed by atoms with Gasteiger partial charge in [-0.05, 0) is 43.9 Å². The molecule has 5 nitrogen and oxygen atoms in total. The molecule has 2 aromatic rings. The third-order valence-corrected chi connectivity index (χ3v) is 8.22. The zero-order valence-electron chi connectivity index (χ0n) is 17.8. The van der Waals surface area contributed by atoms with Gasteiger partial charge in [0.05, 0.1) is 17.7 Å². The highest BCUT2D eigenvalue weighted by Gasteiger charge is 2.33. The maximum absolute atomic E-state index is 13.0. The number of nitrogens with one attached hydrogen (secondary N) is 1. The summed E-state index contributed by atoms with van der Waals surface area (Å²) in [6.07, 6.45) is 2.05. The van der Waals surface area contributed by atoms with Crippen LogP contribution in [0.4, 0.5) is 0 Å². The van der Waals surface area contributed by atoms with E-state index in [9.17, 15) is 13.2 Å². The minimum atomic E-state index is -3.65. The molecule has 0 aromatic heterocycles. The third-order valence-electron chi connectivity index (χ3n) is 5.74. The van der Waals surface area contributed by atoms with Gasteiger partial charge in [-0.1, -0.05) is 66.0 Å². The first-order valence-electron chi connectivity index (χ1n) is 10.5. The molecule has 0 aliphatic carbocycles. The average molecular weight is 483 g/mol. The van der Waals surface area contributed by atoms with Crippen molar-refractivity contribution in [3.8, 4) is 0 Å². The molecule has 0 unspecified atom stereocenters. The number of rotatable bonds is 7. The third kappa shape index (κ3) is 6.01. The van der Waals surface area contributed by atoms with Crippen molar-refractivity contribution >= 4 is 39.1 Å². The maximum Gasteiger partial charge on any atom is 0.224 e. The number of amides is 1. The zero-order chi connectivity index (χ0) is 22.6. The molecular formula is C23H28Cl2N2O3S. The lowest BCUT2D eigenvalue weighted by atomic mass is 9.97. The van der Waals surface area contributed by atoms with E-state index in [2.05, 4.69) is 5.32 Å². The molecule has 31 heavy (non-hydrogen) atoms. The number of sulfonamides is 1. The predicted octanol–water partition coefficient (Wildman–Crippen LogP) is 5.11. The van der Waals surface area contributed by atoms with Crippen molar-refractivity contribution in [1.82, 2.24) is 9.62 Å². The summed E-state index contributed by atoms with van der Waals surface area (Å²) < 4.78 is 27.5. The molecule has 1 saturated heterocycles. The van der Waals surface area contributed by atoms with Gasteiger partial charge in [0.1, 0.15) is 0 Å². The summed E-state index contributed by atoms with van der Waals surface area (Å²) in [5, 5.41) is 3.76. The number of carbonyl (C=O) groups excluding carboxylic acids is 1. The van der Waals surface area contributed by atoms with E-state index < -0.39 is 10.0 Å². The van der Waals surface area contributed by atoms with E-state index in [4.69, 9.17) is 23.2 Å². The van der Waals surface area contributed by atoms with Gasteiger partial charge >= 0.3 is 0 Å². The van der Waals surface area contributed by atoms with Crippen LogP contribution >= 0.6 is 23.2 Å². The van der Waals surface area contributed by atoms with Crippen molar-refractivity contribution in [1.29, 1.82) is 0 Å². The highest BCUT2D eigenvalue weighted by Crippen LogP contribution is 2.29. The Balaban J connectivity index is 1.69. The molecule has 2 aromatic carbocycles. The van der Waals surface area contributed by atoms with Gasteiger partial charge in [0, 0.05) is 28.7 Å². The van der Waals surface area contributed by atoms with Crippen LogP contribution in [0.2, 0.25) is 10.0 Å². The van der Waals surface area contributed by atoms with E-state index in [0.29, 0.717) is 35.0 Å². The van der Waals surface area contributed by atoms with Gasteiger partial charge in [0.25, 0.3) is 0 Å². The van der Waals surface area contributed by atoms with Crippen molar-refractivity contribution in [3.05, 3.63) is 69.2 Å². The normalized spacial score (nSPS) is 18.5. The molecule has 0 saturated carbocycles. The Labute approximate surface area is 194 Å². The number of aryl methyl sites for hydroxylation is 1. The monoisotopic (exact) mass is 482 g/mol. The Morgan fingerprint density at radius 3 is 2.42 bits per heavy atom. The van der Waals surface area contributed by atoms with E-state index >= 15 is 0 Å². The summed E-state index contributed by atoms with van der Waals surface area (Å²) in [4.78, 5) is 13.0. The zero-order valence-corrected chi connectivity index (χ0v) is 20.1. The van der Waals surface area contributed by atoms with Crippen molar-refractivity contribution in [3.63, 3.8) is 0 Å². The first-order valence-corrected chi connectivity index (χ1v) is 12.9. The van der Waals surface area contributed by atoms with Crippen LogP contribution in [-0.4, -0.2) is 31.7 Å². The smallest absolute Gasteiger partial charge is 0.224 e. The molecule has 1 N–H and O–H groups in total. The fourth-order valence-corrected chi connectivity index (χ4v) is 6.22. The number of hydrogen-bond acceptors (Lipinski definition) is 3. The number of hydrogen-bond donors (Lipinski definition) is 1. The molecule has 8 heteroatoms. The summed E-state index contributed by atoms with van der Waals surface area (Å²) in [6, 6.07) is 12.9. The second-order valence-electron chi connectivity index (χ2n) is 8.03. The summed E-state index contributed by atoms with van der Waals surface area (Å²) in [5.41, 5.74) is 2.61. The second kappa shape index (κ2) is 10.3. The van der Waals surface area contributed by atoms with E-state index in [0.717, 1.165) is 17.5 Å². The van der Waals surface area contributed by atoms with E-state index in [1.807, 2.05) is 38.1 Å². The standard InChI is InChI=1S/C23H28Cl2N2O3S/c1-3-22(17-11-9-16(2)10-12-17)26-23(28)18-6-5-13-27(14-18)31(29,30)15-19-20(24)7-4-8-21(19)25/h4,7-12,18,22H,3,5-6,13-15H2,1-2H3,(H,26,28)/t18-,22+/m0/s1. The molecule has 0 spiro atoms. The van der Waals surface area contributed by atoms with Gasteiger partial charge in [0.2, 0.25) is 15.9 Å². The molecule has 1 aliphatic heterocycles. The summed E-state index contributed by atoms with van der Waals surface area (Å²) in [5.74, 6) is -0.770. The topological polar surface area (TPSA) is 66.5 Å². The quantitative estimate of drug-likeness (QED) is 0.595. The lowest BCUT2D eigenvalue weighted by Gasteiger charge is -2.32. The largest absolute Gasteiger partial charge is 0.349 e. The van der Waals surface area contributed by atoms with Crippen LogP contribution in [0.3, 0.4) is 0 Å². The Kier molecular flexibility index (Phi) is 8.03. The van der Waals surface area contributed by atoms with Crippen molar-refractivity contribution in [2.75, 3.05) is 13.1 Å². The van der Waals surface area contributed by atoms with E-state index in [1.54, 1.807) is 18.2 Å². The molecule has 1 heterocycles. The molecule has 1 amide bonds. The first-order chi connectivity index (χ1) is 14.7. The summed E-state index contributed by atoms with van der Waals surface area (Å²) in [6.45, 7) is 4.61. The predicted molar refractivity (Wildman–Crippen MR) is 126 cm³/mol. The van der Waals surface area contributed by atoms with Gasteiger partial charge in [-0.15, -0.1) is 0 Å². The Morgan fingerprint density at radius 2 is 1.81 bits per heavy atom. The number of benzene rings is 2. The number of nitrogens with zero attached hydrogens (tertiary/aromatic N) is 1. The molecule has 1 fully saturated rings. The lowest BCUT2D eigenvalue weighted by molar-refractivity contribution is -0.126. The van der Waals surface area contributed by atoms with E-state index in [-0.39, 0.29) is 30.2 Å².